The second-order valence-corrected chi connectivity index (χ2v) is 7.99. The van der Waals surface area contributed by atoms with Crippen LogP contribution in [0.15, 0.2) is 61.1 Å². The van der Waals surface area contributed by atoms with Gasteiger partial charge in [0.2, 0.25) is 0 Å². The lowest BCUT2D eigenvalue weighted by molar-refractivity contribution is 0.475. The first-order valence-electron chi connectivity index (χ1n) is 9.38. The molecule has 0 N–H and O–H groups in total. The Balaban J connectivity index is 1.38. The van der Waals surface area contributed by atoms with E-state index in [-0.39, 0.29) is 0 Å². The second kappa shape index (κ2) is 7.12. The van der Waals surface area contributed by atoms with Gasteiger partial charge in [0.05, 0.1) is 22.5 Å². The second-order valence-electron chi connectivity index (χ2n) is 6.98. The average molecular weight is 376 g/mol. The molecule has 4 heterocycles. The van der Waals surface area contributed by atoms with Crippen LogP contribution < -0.4 is 4.90 Å². The van der Waals surface area contributed by atoms with E-state index in [2.05, 4.69) is 51.0 Å². The number of benzene rings is 1. The fourth-order valence-electron chi connectivity index (χ4n) is 3.84. The molecule has 0 radical (unpaired) electrons. The van der Waals surface area contributed by atoms with E-state index in [0.29, 0.717) is 5.92 Å². The van der Waals surface area contributed by atoms with E-state index in [1.807, 2.05) is 24.5 Å². The quantitative estimate of drug-likeness (QED) is 0.533. The summed E-state index contributed by atoms with van der Waals surface area (Å²) >= 11 is 1.79. The summed E-state index contributed by atoms with van der Waals surface area (Å²) in [7, 11) is 0. The molecule has 6 heteroatoms. The van der Waals surface area contributed by atoms with Crippen molar-refractivity contribution in [1.29, 1.82) is 0 Å². The zero-order valence-corrected chi connectivity index (χ0v) is 15.8. The third-order valence-corrected chi connectivity index (χ3v) is 6.24. The minimum Gasteiger partial charge on any atom is -0.347 e. The molecule has 0 saturated carbocycles. The summed E-state index contributed by atoms with van der Waals surface area (Å²) in [5, 5.41) is 1.13. The van der Waals surface area contributed by atoms with Gasteiger partial charge in [-0.05, 0) is 37.1 Å². The lowest BCUT2D eigenvalue weighted by atomic mass is 9.97. The van der Waals surface area contributed by atoms with E-state index >= 15 is 0 Å². The Hall–Kier alpha value is -2.73. The number of anilines is 1. The van der Waals surface area contributed by atoms with Crippen LogP contribution in [0.1, 0.15) is 30.3 Å². The average Bonchev–Trinajstić information content (AvgIpc) is 3.36. The number of rotatable bonds is 4. The fraction of sp³-hybridized carbons (Fsp3) is 0.286. The summed E-state index contributed by atoms with van der Waals surface area (Å²) in [5.41, 5.74) is 2.16. The maximum atomic E-state index is 4.85. The van der Waals surface area contributed by atoms with Gasteiger partial charge in [0.1, 0.15) is 5.82 Å². The van der Waals surface area contributed by atoms with Crippen LogP contribution in [0.4, 0.5) is 5.13 Å². The highest BCUT2D eigenvalue weighted by Crippen LogP contribution is 2.34. The molecular formula is C21H21N5S. The van der Waals surface area contributed by atoms with Crippen LogP contribution in [-0.2, 0) is 6.54 Å². The van der Waals surface area contributed by atoms with Gasteiger partial charge in [-0.15, -0.1) is 0 Å². The SMILES string of the molecule is c1ccc(Cn2ccnc2C2CCCN(c3nc4ccccc4s3)C2)nc1. The lowest BCUT2D eigenvalue weighted by Gasteiger charge is -2.32. The van der Waals surface area contributed by atoms with Gasteiger partial charge in [0.25, 0.3) is 0 Å². The summed E-state index contributed by atoms with van der Waals surface area (Å²) in [6.45, 7) is 2.81. The number of fused-ring (bicyclic) bond motifs is 1. The largest absolute Gasteiger partial charge is 0.347 e. The maximum absolute atomic E-state index is 4.85. The summed E-state index contributed by atoms with van der Waals surface area (Å²) in [6.07, 6.45) is 8.16. The summed E-state index contributed by atoms with van der Waals surface area (Å²) in [6, 6.07) is 14.4. The Kier molecular flexibility index (Phi) is 4.33. The molecule has 1 aliphatic heterocycles. The zero-order chi connectivity index (χ0) is 18.1. The van der Waals surface area contributed by atoms with E-state index in [9.17, 15) is 0 Å². The fourth-order valence-corrected chi connectivity index (χ4v) is 4.84. The van der Waals surface area contributed by atoms with Crippen molar-refractivity contribution in [3.05, 3.63) is 72.6 Å². The molecule has 0 spiro atoms. The van der Waals surface area contributed by atoms with Gasteiger partial charge in [0, 0.05) is 37.6 Å². The van der Waals surface area contributed by atoms with E-state index < -0.39 is 0 Å². The molecule has 5 rings (SSSR count). The van der Waals surface area contributed by atoms with E-state index in [4.69, 9.17) is 9.97 Å². The number of hydrogen-bond donors (Lipinski definition) is 0. The van der Waals surface area contributed by atoms with E-state index in [0.717, 1.165) is 48.2 Å². The van der Waals surface area contributed by atoms with Crippen LogP contribution in [0.5, 0.6) is 0 Å². The Bertz CT molecular complexity index is 1010. The third kappa shape index (κ3) is 3.32. The first-order valence-corrected chi connectivity index (χ1v) is 10.2. The number of hydrogen-bond acceptors (Lipinski definition) is 5. The molecular weight excluding hydrogens is 354 g/mol. The molecule has 0 aliphatic carbocycles. The predicted molar refractivity (Wildman–Crippen MR) is 109 cm³/mol. The summed E-state index contributed by atoms with van der Waals surface area (Å²) < 4.78 is 3.50. The van der Waals surface area contributed by atoms with Gasteiger partial charge < -0.3 is 9.47 Å². The van der Waals surface area contributed by atoms with Crippen LogP contribution in [0, 0.1) is 0 Å². The first-order chi connectivity index (χ1) is 13.4. The number of thiazole rings is 1. The van der Waals surface area contributed by atoms with Crippen molar-refractivity contribution in [3.63, 3.8) is 0 Å². The van der Waals surface area contributed by atoms with Gasteiger partial charge in [-0.25, -0.2) is 9.97 Å². The molecule has 1 fully saturated rings. The molecule has 4 aromatic rings. The monoisotopic (exact) mass is 375 g/mol. The maximum Gasteiger partial charge on any atom is 0.186 e. The number of aromatic nitrogens is 4. The van der Waals surface area contributed by atoms with Gasteiger partial charge in [-0.1, -0.05) is 29.5 Å². The molecule has 1 unspecified atom stereocenters. The number of piperidine rings is 1. The topological polar surface area (TPSA) is 46.8 Å². The van der Waals surface area contributed by atoms with Crippen molar-refractivity contribution in [3.8, 4) is 0 Å². The van der Waals surface area contributed by atoms with Crippen LogP contribution in [0.25, 0.3) is 10.2 Å². The van der Waals surface area contributed by atoms with Crippen molar-refractivity contribution in [2.24, 2.45) is 0 Å². The van der Waals surface area contributed by atoms with Crippen molar-refractivity contribution in [1.82, 2.24) is 19.5 Å². The minimum atomic E-state index is 0.421. The van der Waals surface area contributed by atoms with Crippen LogP contribution in [-0.4, -0.2) is 32.6 Å². The Morgan fingerprint density at radius 3 is 2.85 bits per heavy atom. The normalized spacial score (nSPS) is 17.5. The summed E-state index contributed by atoms with van der Waals surface area (Å²) in [5.74, 6) is 1.58. The molecule has 1 aliphatic rings. The smallest absolute Gasteiger partial charge is 0.186 e. The molecule has 0 bridgehead atoms. The number of pyridine rings is 1. The van der Waals surface area contributed by atoms with Crippen molar-refractivity contribution >= 4 is 26.7 Å². The standard InChI is InChI=1S/C21H21N5S/c1-2-9-19-18(8-1)24-21(27-19)26-12-5-6-16(14-26)20-23-11-13-25(20)15-17-7-3-4-10-22-17/h1-4,7-11,13,16H,5-6,12,14-15H2. The first kappa shape index (κ1) is 16.4. The predicted octanol–water partition coefficient (Wildman–Crippen LogP) is 4.32. The van der Waals surface area contributed by atoms with Gasteiger partial charge in [-0.2, -0.15) is 0 Å². The Morgan fingerprint density at radius 1 is 1.04 bits per heavy atom. The summed E-state index contributed by atoms with van der Waals surface area (Å²) in [4.78, 5) is 16.4. The lowest BCUT2D eigenvalue weighted by Crippen LogP contribution is -2.35. The van der Waals surface area contributed by atoms with Gasteiger partial charge >= 0.3 is 0 Å². The Labute approximate surface area is 162 Å². The molecule has 3 aromatic heterocycles. The highest BCUT2D eigenvalue weighted by atomic mass is 32.1. The molecule has 0 amide bonds. The highest BCUT2D eigenvalue weighted by Gasteiger charge is 2.26. The van der Waals surface area contributed by atoms with Crippen molar-refractivity contribution in [2.45, 2.75) is 25.3 Å². The Morgan fingerprint density at radius 2 is 1.96 bits per heavy atom. The van der Waals surface area contributed by atoms with Gasteiger partial charge in [0.15, 0.2) is 5.13 Å². The van der Waals surface area contributed by atoms with Crippen LogP contribution in [0.2, 0.25) is 0 Å². The van der Waals surface area contributed by atoms with Crippen molar-refractivity contribution < 1.29 is 0 Å². The number of para-hydroxylation sites is 1. The number of nitrogens with zero attached hydrogens (tertiary/aromatic N) is 5. The molecule has 1 saturated heterocycles. The zero-order valence-electron chi connectivity index (χ0n) is 15.0. The highest BCUT2D eigenvalue weighted by molar-refractivity contribution is 7.22. The van der Waals surface area contributed by atoms with Crippen LogP contribution in [0.3, 0.4) is 0 Å². The van der Waals surface area contributed by atoms with Crippen molar-refractivity contribution in [2.75, 3.05) is 18.0 Å². The van der Waals surface area contributed by atoms with E-state index in [1.165, 1.54) is 11.1 Å². The van der Waals surface area contributed by atoms with E-state index in [1.54, 1.807) is 11.3 Å². The van der Waals surface area contributed by atoms with Crippen LogP contribution >= 0.6 is 11.3 Å². The third-order valence-electron chi connectivity index (χ3n) is 5.15. The molecule has 1 aromatic carbocycles. The molecule has 1 atom stereocenters. The molecule has 27 heavy (non-hydrogen) atoms. The number of imidazole rings is 1. The minimum absolute atomic E-state index is 0.421. The van der Waals surface area contributed by atoms with Gasteiger partial charge in [-0.3, -0.25) is 4.98 Å². The molecule has 5 nitrogen and oxygen atoms in total. The molecule has 136 valence electrons.